The molecule has 25 heavy (non-hydrogen) atoms. The number of hydrogen-bond donors (Lipinski definition) is 2. The number of aromatic nitrogens is 2. The van der Waals surface area contributed by atoms with Crippen molar-refractivity contribution in [1.29, 1.82) is 0 Å². The molecule has 0 saturated heterocycles. The number of halogens is 1. The van der Waals surface area contributed by atoms with Crippen LogP contribution in [0.15, 0.2) is 42.5 Å². The molecule has 1 fully saturated rings. The summed E-state index contributed by atoms with van der Waals surface area (Å²) in [6.07, 6.45) is 5.42. The Bertz CT molecular complexity index is 879. The lowest BCUT2D eigenvalue weighted by molar-refractivity contribution is -0.117. The number of carbonyl (C=O) groups excluding carboxylic acids is 1. The Hall–Kier alpha value is -2.33. The number of rotatable bonds is 4. The van der Waals surface area contributed by atoms with Gasteiger partial charge in [-0.15, -0.1) is 0 Å². The average Bonchev–Trinajstić information content (AvgIpc) is 3.25. The smallest absolute Gasteiger partial charge is 0.224 e. The Balaban J connectivity index is 1.56. The van der Waals surface area contributed by atoms with Crippen molar-refractivity contribution in [1.82, 2.24) is 9.97 Å². The number of fused-ring (bicyclic) bond motifs is 1. The zero-order valence-corrected chi connectivity index (χ0v) is 14.6. The van der Waals surface area contributed by atoms with Gasteiger partial charge in [0.25, 0.3) is 0 Å². The van der Waals surface area contributed by atoms with Crippen molar-refractivity contribution < 1.29 is 4.79 Å². The second kappa shape index (κ2) is 6.89. The number of carbonyl (C=O) groups is 1. The summed E-state index contributed by atoms with van der Waals surface area (Å²) < 4.78 is 0. The average molecular weight is 354 g/mol. The third kappa shape index (κ3) is 3.54. The molecule has 1 aliphatic rings. The Labute approximate surface area is 151 Å². The van der Waals surface area contributed by atoms with E-state index >= 15 is 0 Å². The molecule has 4 rings (SSSR count). The summed E-state index contributed by atoms with van der Waals surface area (Å²) in [6, 6.07) is 13.4. The number of hydrogen-bond acceptors (Lipinski definition) is 2. The van der Waals surface area contributed by atoms with Crippen LogP contribution >= 0.6 is 11.6 Å². The minimum absolute atomic E-state index is 0.0739. The van der Waals surface area contributed by atoms with E-state index in [4.69, 9.17) is 11.6 Å². The van der Waals surface area contributed by atoms with Gasteiger partial charge in [-0.05, 0) is 49.1 Å². The maximum atomic E-state index is 12.3. The van der Waals surface area contributed by atoms with E-state index in [0.717, 1.165) is 35.1 Å². The molecule has 1 heterocycles. The molecule has 2 aromatic carbocycles. The number of nitrogens with one attached hydrogen (secondary N) is 2. The molecule has 0 unspecified atom stereocenters. The summed E-state index contributed by atoms with van der Waals surface area (Å²) in [5.74, 6) is 1.31. The van der Waals surface area contributed by atoms with E-state index in [1.54, 1.807) is 6.07 Å². The molecule has 0 spiro atoms. The van der Waals surface area contributed by atoms with Crippen LogP contribution in [0.1, 0.15) is 32.1 Å². The molecule has 0 radical (unpaired) electrons. The molecule has 1 aliphatic carbocycles. The predicted molar refractivity (Wildman–Crippen MR) is 102 cm³/mol. The number of anilines is 1. The van der Waals surface area contributed by atoms with Crippen molar-refractivity contribution >= 4 is 34.2 Å². The molecule has 128 valence electrons. The maximum absolute atomic E-state index is 12.3. The Kier molecular flexibility index (Phi) is 4.45. The summed E-state index contributed by atoms with van der Waals surface area (Å²) in [7, 11) is 0. The maximum Gasteiger partial charge on any atom is 0.224 e. The van der Waals surface area contributed by atoms with E-state index in [0.29, 0.717) is 23.2 Å². The highest BCUT2D eigenvalue weighted by atomic mass is 35.5. The quantitative estimate of drug-likeness (QED) is 0.659. The second-order valence-electron chi connectivity index (χ2n) is 6.70. The fourth-order valence-electron chi connectivity index (χ4n) is 3.55. The van der Waals surface area contributed by atoms with Crippen molar-refractivity contribution in [3.63, 3.8) is 0 Å². The SMILES string of the molecule is O=C(CC1CCCC1)Nc1ccc(Cl)c(-c2nc3ccccc3[nH]2)c1. The van der Waals surface area contributed by atoms with Gasteiger partial charge in [0.1, 0.15) is 5.82 Å². The molecule has 4 nitrogen and oxygen atoms in total. The molecule has 1 amide bonds. The normalized spacial score (nSPS) is 14.9. The first-order valence-electron chi connectivity index (χ1n) is 8.73. The van der Waals surface area contributed by atoms with Crippen LogP contribution < -0.4 is 5.32 Å². The van der Waals surface area contributed by atoms with Crippen LogP contribution in [0.5, 0.6) is 0 Å². The molecule has 2 N–H and O–H groups in total. The van der Waals surface area contributed by atoms with E-state index < -0.39 is 0 Å². The third-order valence-electron chi connectivity index (χ3n) is 4.84. The minimum Gasteiger partial charge on any atom is -0.338 e. The first kappa shape index (κ1) is 16.2. The zero-order valence-electron chi connectivity index (χ0n) is 13.9. The van der Waals surface area contributed by atoms with Gasteiger partial charge in [0.15, 0.2) is 0 Å². The largest absolute Gasteiger partial charge is 0.338 e. The first-order chi connectivity index (χ1) is 12.2. The highest BCUT2D eigenvalue weighted by Crippen LogP contribution is 2.31. The van der Waals surface area contributed by atoms with Gasteiger partial charge in [-0.1, -0.05) is 36.6 Å². The number of benzene rings is 2. The molecule has 5 heteroatoms. The molecule has 0 bridgehead atoms. The number of imidazole rings is 1. The highest BCUT2D eigenvalue weighted by molar-refractivity contribution is 6.33. The lowest BCUT2D eigenvalue weighted by atomic mass is 10.0. The Morgan fingerprint density at radius 3 is 2.80 bits per heavy atom. The van der Waals surface area contributed by atoms with Gasteiger partial charge in [-0.25, -0.2) is 4.98 Å². The van der Waals surface area contributed by atoms with E-state index in [1.165, 1.54) is 12.8 Å². The van der Waals surface area contributed by atoms with Gasteiger partial charge >= 0.3 is 0 Å². The molecule has 1 aromatic heterocycles. The van der Waals surface area contributed by atoms with Gasteiger partial charge in [0.2, 0.25) is 5.91 Å². The molecular formula is C20H20ClN3O. The fraction of sp³-hybridized carbons (Fsp3) is 0.300. The summed E-state index contributed by atoms with van der Waals surface area (Å²) >= 11 is 6.36. The predicted octanol–water partition coefficient (Wildman–Crippen LogP) is 5.40. The molecule has 0 aliphatic heterocycles. The van der Waals surface area contributed by atoms with Crippen LogP contribution in [0.2, 0.25) is 5.02 Å². The summed E-state index contributed by atoms with van der Waals surface area (Å²) in [5.41, 5.74) is 3.40. The number of aromatic amines is 1. The highest BCUT2D eigenvalue weighted by Gasteiger charge is 2.19. The van der Waals surface area contributed by atoms with Crippen LogP contribution in [0.25, 0.3) is 22.4 Å². The van der Waals surface area contributed by atoms with Crippen molar-refractivity contribution in [2.24, 2.45) is 5.92 Å². The van der Waals surface area contributed by atoms with Crippen molar-refractivity contribution in [2.45, 2.75) is 32.1 Å². The van der Waals surface area contributed by atoms with Gasteiger partial charge < -0.3 is 10.3 Å². The van der Waals surface area contributed by atoms with Crippen LogP contribution in [0.3, 0.4) is 0 Å². The minimum atomic E-state index is 0.0739. The van der Waals surface area contributed by atoms with Crippen molar-refractivity contribution in [2.75, 3.05) is 5.32 Å². The van der Waals surface area contributed by atoms with Crippen molar-refractivity contribution in [3.05, 3.63) is 47.5 Å². The van der Waals surface area contributed by atoms with Crippen molar-refractivity contribution in [3.8, 4) is 11.4 Å². The second-order valence-corrected chi connectivity index (χ2v) is 7.11. The number of nitrogens with zero attached hydrogens (tertiary/aromatic N) is 1. The van der Waals surface area contributed by atoms with E-state index in [9.17, 15) is 4.79 Å². The number of para-hydroxylation sites is 2. The summed E-state index contributed by atoms with van der Waals surface area (Å²) in [4.78, 5) is 20.2. The van der Waals surface area contributed by atoms with Gasteiger partial charge in [-0.2, -0.15) is 0 Å². The Morgan fingerprint density at radius 2 is 2.00 bits per heavy atom. The van der Waals surface area contributed by atoms with Crippen LogP contribution in [0.4, 0.5) is 5.69 Å². The number of H-pyrrole nitrogens is 1. The zero-order chi connectivity index (χ0) is 17.2. The summed E-state index contributed by atoms with van der Waals surface area (Å²) in [6.45, 7) is 0. The first-order valence-corrected chi connectivity index (χ1v) is 9.11. The standard InChI is InChI=1S/C20H20ClN3O/c21-16-10-9-14(22-19(25)11-13-5-1-2-6-13)12-15(16)20-23-17-7-3-4-8-18(17)24-20/h3-4,7-10,12-13H,1-2,5-6,11H2,(H,22,25)(H,23,24). The molecular weight excluding hydrogens is 334 g/mol. The van der Waals surface area contributed by atoms with E-state index in [1.807, 2.05) is 36.4 Å². The van der Waals surface area contributed by atoms with Gasteiger partial charge in [0, 0.05) is 17.7 Å². The molecule has 1 saturated carbocycles. The lowest BCUT2D eigenvalue weighted by Gasteiger charge is -2.11. The summed E-state index contributed by atoms with van der Waals surface area (Å²) in [5, 5.41) is 3.61. The topological polar surface area (TPSA) is 57.8 Å². The number of amides is 1. The van der Waals surface area contributed by atoms with Gasteiger partial charge in [-0.3, -0.25) is 4.79 Å². The van der Waals surface area contributed by atoms with Crippen LogP contribution in [-0.2, 0) is 4.79 Å². The van der Waals surface area contributed by atoms with E-state index in [2.05, 4.69) is 15.3 Å². The van der Waals surface area contributed by atoms with E-state index in [-0.39, 0.29) is 5.91 Å². The molecule has 3 aromatic rings. The Morgan fingerprint density at radius 1 is 1.20 bits per heavy atom. The van der Waals surface area contributed by atoms with Crippen LogP contribution in [-0.4, -0.2) is 15.9 Å². The van der Waals surface area contributed by atoms with Crippen LogP contribution in [0, 0.1) is 5.92 Å². The molecule has 0 atom stereocenters. The van der Waals surface area contributed by atoms with Gasteiger partial charge in [0.05, 0.1) is 16.1 Å². The lowest BCUT2D eigenvalue weighted by Crippen LogP contribution is -2.15. The third-order valence-corrected chi connectivity index (χ3v) is 5.17. The fourth-order valence-corrected chi connectivity index (χ4v) is 3.76. The monoisotopic (exact) mass is 353 g/mol.